The van der Waals surface area contributed by atoms with Crippen LogP contribution in [0, 0.1) is 22.8 Å². The van der Waals surface area contributed by atoms with Crippen LogP contribution in [0.2, 0.25) is 19.6 Å². The summed E-state index contributed by atoms with van der Waals surface area (Å²) in [7, 11) is -1.34. The van der Waals surface area contributed by atoms with Gasteiger partial charge in [-0.2, -0.15) is 5.26 Å². The molecule has 0 N–H and O–H groups in total. The highest BCUT2D eigenvalue weighted by Crippen LogP contribution is 2.22. The van der Waals surface area contributed by atoms with Crippen molar-refractivity contribution in [1.29, 1.82) is 5.26 Å². The first kappa shape index (κ1) is 13.6. The Bertz CT molecular complexity index is 504. The number of benzene rings is 1. The fourth-order valence-electron chi connectivity index (χ4n) is 1.31. The van der Waals surface area contributed by atoms with E-state index in [9.17, 15) is 0 Å². The molecule has 0 spiro atoms. The number of nitrogens with zero attached hydrogens (tertiary/aromatic N) is 1. The molecule has 0 radical (unpaired) electrons. The fraction of sp³-hybridized carbons (Fsp3) is 0.400. The molecule has 1 aromatic rings. The topological polar surface area (TPSA) is 23.8 Å². The van der Waals surface area contributed by atoms with Gasteiger partial charge in [0.15, 0.2) is 0 Å². The first-order valence-corrected chi connectivity index (χ1v) is 9.29. The number of nitriles is 1. The Balaban J connectivity index is 3.11. The molecule has 0 aliphatic heterocycles. The maximum absolute atomic E-state index is 9.12. The lowest BCUT2D eigenvalue weighted by molar-refractivity contribution is 0.686. The molecule has 0 aromatic heterocycles. The summed E-state index contributed by atoms with van der Waals surface area (Å²) in [6.07, 6.45) is 0. The molecule has 0 unspecified atom stereocenters. The van der Waals surface area contributed by atoms with Crippen LogP contribution in [0.1, 0.15) is 25.0 Å². The molecule has 17 heavy (non-hydrogen) atoms. The zero-order chi connectivity index (χ0) is 13.1. The van der Waals surface area contributed by atoms with E-state index >= 15 is 0 Å². The molecule has 0 aliphatic carbocycles. The molecular weight excluding hydrogens is 222 g/mol. The fourth-order valence-corrected chi connectivity index (χ4v) is 1.83. The van der Waals surface area contributed by atoms with Crippen molar-refractivity contribution < 1.29 is 0 Å². The SMILES string of the molecule is CC(C)(C#N)c1cccc(C#C[Si](C)(C)C)c1. The maximum Gasteiger partial charge on any atom is 0.129 e. The van der Waals surface area contributed by atoms with Gasteiger partial charge in [-0.25, -0.2) is 0 Å². The van der Waals surface area contributed by atoms with Crippen LogP contribution in [0.4, 0.5) is 0 Å². The van der Waals surface area contributed by atoms with Gasteiger partial charge in [0, 0.05) is 5.56 Å². The second kappa shape index (κ2) is 4.78. The van der Waals surface area contributed by atoms with Gasteiger partial charge >= 0.3 is 0 Å². The van der Waals surface area contributed by atoms with Crippen LogP contribution in [0.25, 0.3) is 0 Å². The Morgan fingerprint density at radius 1 is 1.18 bits per heavy atom. The van der Waals surface area contributed by atoms with E-state index in [1.807, 2.05) is 38.1 Å². The van der Waals surface area contributed by atoms with Gasteiger partial charge in [-0.1, -0.05) is 37.7 Å². The van der Waals surface area contributed by atoms with Crippen molar-refractivity contribution in [3.05, 3.63) is 35.4 Å². The summed E-state index contributed by atoms with van der Waals surface area (Å²) in [6, 6.07) is 10.3. The van der Waals surface area contributed by atoms with E-state index < -0.39 is 13.5 Å². The minimum absolute atomic E-state index is 0.448. The summed E-state index contributed by atoms with van der Waals surface area (Å²) < 4.78 is 0. The summed E-state index contributed by atoms with van der Waals surface area (Å²) in [5.74, 6) is 3.22. The van der Waals surface area contributed by atoms with Crippen LogP contribution in [0.3, 0.4) is 0 Å². The molecule has 0 heterocycles. The first-order valence-electron chi connectivity index (χ1n) is 5.79. The lowest BCUT2D eigenvalue weighted by atomic mass is 9.86. The van der Waals surface area contributed by atoms with Crippen molar-refractivity contribution in [3.63, 3.8) is 0 Å². The number of hydrogen-bond acceptors (Lipinski definition) is 1. The summed E-state index contributed by atoms with van der Waals surface area (Å²) in [4.78, 5) is 0. The monoisotopic (exact) mass is 241 g/mol. The molecule has 0 saturated carbocycles. The normalized spacial score (nSPS) is 11.3. The van der Waals surface area contributed by atoms with Gasteiger partial charge in [-0.3, -0.25) is 0 Å². The van der Waals surface area contributed by atoms with E-state index in [1.165, 1.54) is 0 Å². The summed E-state index contributed by atoms with van der Waals surface area (Å²) in [6.45, 7) is 10.5. The zero-order valence-electron chi connectivity index (χ0n) is 11.3. The Hall–Kier alpha value is -1.51. The second-order valence-corrected chi connectivity index (χ2v) is 10.6. The van der Waals surface area contributed by atoms with Gasteiger partial charge in [0.2, 0.25) is 0 Å². The number of rotatable bonds is 1. The maximum atomic E-state index is 9.12. The predicted octanol–water partition coefficient (Wildman–Crippen LogP) is 3.72. The molecule has 0 fully saturated rings. The lowest BCUT2D eigenvalue weighted by Gasteiger charge is -2.15. The van der Waals surface area contributed by atoms with Crippen molar-refractivity contribution in [2.45, 2.75) is 38.9 Å². The third-order valence-electron chi connectivity index (χ3n) is 2.45. The van der Waals surface area contributed by atoms with Gasteiger partial charge in [0.1, 0.15) is 8.07 Å². The van der Waals surface area contributed by atoms with Gasteiger partial charge in [0.05, 0.1) is 11.5 Å². The Morgan fingerprint density at radius 2 is 1.82 bits per heavy atom. The van der Waals surface area contributed by atoms with Crippen LogP contribution < -0.4 is 0 Å². The summed E-state index contributed by atoms with van der Waals surface area (Å²) >= 11 is 0. The standard InChI is InChI=1S/C15H19NSi/c1-15(2,12-16)14-8-6-7-13(11-14)9-10-17(3,4)5/h6-8,11H,1-5H3. The third kappa shape index (κ3) is 4.09. The Labute approximate surface area is 105 Å². The van der Waals surface area contributed by atoms with Crippen molar-refractivity contribution >= 4 is 8.07 Å². The van der Waals surface area contributed by atoms with Crippen molar-refractivity contribution in [1.82, 2.24) is 0 Å². The van der Waals surface area contributed by atoms with Gasteiger partial charge in [0.25, 0.3) is 0 Å². The third-order valence-corrected chi connectivity index (χ3v) is 3.32. The minimum Gasteiger partial charge on any atom is -0.197 e. The van der Waals surface area contributed by atoms with E-state index in [0.717, 1.165) is 11.1 Å². The van der Waals surface area contributed by atoms with Crippen LogP contribution in [-0.4, -0.2) is 8.07 Å². The highest BCUT2D eigenvalue weighted by molar-refractivity contribution is 6.83. The quantitative estimate of drug-likeness (QED) is 0.543. The molecule has 0 saturated heterocycles. The Morgan fingerprint density at radius 3 is 2.35 bits per heavy atom. The van der Waals surface area contributed by atoms with Gasteiger partial charge in [-0.05, 0) is 31.5 Å². The highest BCUT2D eigenvalue weighted by Gasteiger charge is 2.19. The molecule has 0 aliphatic rings. The van der Waals surface area contributed by atoms with E-state index in [2.05, 4.69) is 37.2 Å². The van der Waals surface area contributed by atoms with Crippen molar-refractivity contribution in [3.8, 4) is 17.5 Å². The smallest absolute Gasteiger partial charge is 0.129 e. The first-order chi connectivity index (χ1) is 7.74. The molecule has 0 atom stereocenters. The van der Waals surface area contributed by atoms with E-state index in [0.29, 0.717) is 0 Å². The highest BCUT2D eigenvalue weighted by atomic mass is 28.3. The number of hydrogen-bond donors (Lipinski definition) is 0. The van der Waals surface area contributed by atoms with Crippen LogP contribution in [0.5, 0.6) is 0 Å². The van der Waals surface area contributed by atoms with E-state index in [1.54, 1.807) is 0 Å². The van der Waals surface area contributed by atoms with Crippen molar-refractivity contribution in [2.24, 2.45) is 0 Å². The van der Waals surface area contributed by atoms with Gasteiger partial charge < -0.3 is 0 Å². The second-order valence-electron chi connectivity index (χ2n) is 5.82. The van der Waals surface area contributed by atoms with Crippen LogP contribution in [0.15, 0.2) is 24.3 Å². The molecule has 1 aromatic carbocycles. The van der Waals surface area contributed by atoms with Crippen molar-refractivity contribution in [2.75, 3.05) is 0 Å². The molecule has 1 nitrogen and oxygen atoms in total. The Kier molecular flexibility index (Phi) is 3.81. The minimum atomic E-state index is -1.34. The van der Waals surface area contributed by atoms with E-state index in [4.69, 9.17) is 5.26 Å². The zero-order valence-corrected chi connectivity index (χ0v) is 12.3. The largest absolute Gasteiger partial charge is 0.197 e. The summed E-state index contributed by atoms with van der Waals surface area (Å²) in [5.41, 5.74) is 4.93. The molecule has 0 amide bonds. The molecule has 1 rings (SSSR count). The molecule has 0 bridgehead atoms. The molecule has 88 valence electrons. The lowest BCUT2D eigenvalue weighted by Crippen LogP contribution is -2.16. The van der Waals surface area contributed by atoms with Crippen LogP contribution >= 0.6 is 0 Å². The average Bonchev–Trinajstić information content (AvgIpc) is 2.26. The average molecular weight is 241 g/mol. The van der Waals surface area contributed by atoms with E-state index in [-0.39, 0.29) is 0 Å². The predicted molar refractivity (Wildman–Crippen MR) is 75.3 cm³/mol. The van der Waals surface area contributed by atoms with Crippen LogP contribution in [-0.2, 0) is 5.41 Å². The summed E-state index contributed by atoms with van der Waals surface area (Å²) in [5, 5.41) is 9.12. The molecular formula is C15H19NSi. The molecule has 2 heteroatoms. The van der Waals surface area contributed by atoms with Gasteiger partial charge in [-0.15, -0.1) is 5.54 Å².